The van der Waals surface area contributed by atoms with Crippen molar-refractivity contribution in [2.75, 3.05) is 0 Å². The number of phenols is 1. The lowest BCUT2D eigenvalue weighted by Crippen LogP contribution is -2.17. The van der Waals surface area contributed by atoms with Crippen molar-refractivity contribution in [3.05, 3.63) is 90.0 Å². The summed E-state index contributed by atoms with van der Waals surface area (Å²) in [6.45, 7) is 0. The highest BCUT2D eigenvalue weighted by Crippen LogP contribution is 2.24. The standard InChI is InChI=1S/C22H16N2O2/c25-21-13-17-8-2-1-7-16(17)12-20(21)22(26)24-23-14-18-10-5-9-15-6-3-4-11-19(15)18/h1-14,25H,(H,24,26)/b23-14+. The number of nitrogens with one attached hydrogen (secondary N) is 1. The highest BCUT2D eigenvalue weighted by Gasteiger charge is 2.11. The van der Waals surface area contributed by atoms with E-state index in [-0.39, 0.29) is 11.3 Å². The summed E-state index contributed by atoms with van der Waals surface area (Å²) >= 11 is 0. The molecule has 2 N–H and O–H groups in total. The van der Waals surface area contributed by atoms with Crippen LogP contribution >= 0.6 is 0 Å². The van der Waals surface area contributed by atoms with Crippen molar-refractivity contribution in [1.82, 2.24) is 5.43 Å². The Hall–Kier alpha value is -3.66. The van der Waals surface area contributed by atoms with Gasteiger partial charge in [0, 0.05) is 5.56 Å². The number of hydrazone groups is 1. The Bertz CT molecular complexity index is 1140. The van der Waals surface area contributed by atoms with Crippen molar-refractivity contribution in [2.24, 2.45) is 5.10 Å². The number of carbonyl (C=O) groups excluding carboxylic acids is 1. The number of benzene rings is 4. The quantitative estimate of drug-likeness (QED) is 0.427. The normalized spacial score (nSPS) is 11.2. The molecule has 0 spiro atoms. The zero-order valence-electron chi connectivity index (χ0n) is 13.9. The molecule has 0 radical (unpaired) electrons. The van der Waals surface area contributed by atoms with Gasteiger partial charge in [-0.05, 0) is 33.7 Å². The summed E-state index contributed by atoms with van der Waals surface area (Å²) in [5.41, 5.74) is 3.59. The molecule has 0 saturated heterocycles. The molecule has 1 amide bonds. The molecule has 4 aromatic carbocycles. The van der Waals surface area contributed by atoms with E-state index in [0.717, 1.165) is 27.1 Å². The number of carbonyl (C=O) groups is 1. The van der Waals surface area contributed by atoms with E-state index in [2.05, 4.69) is 10.5 Å². The fourth-order valence-corrected chi connectivity index (χ4v) is 2.99. The molecule has 0 aromatic heterocycles. The Balaban J connectivity index is 1.59. The second-order valence-electron chi connectivity index (χ2n) is 5.98. The molecule has 126 valence electrons. The predicted molar refractivity (Wildman–Crippen MR) is 105 cm³/mol. The first kappa shape index (κ1) is 15.8. The van der Waals surface area contributed by atoms with Crippen molar-refractivity contribution in [3.8, 4) is 5.75 Å². The van der Waals surface area contributed by atoms with Crippen LogP contribution in [0.2, 0.25) is 0 Å². The van der Waals surface area contributed by atoms with Crippen LogP contribution in [0.3, 0.4) is 0 Å². The highest BCUT2D eigenvalue weighted by molar-refractivity contribution is 6.03. The molecule has 0 saturated carbocycles. The number of phenolic OH excluding ortho intramolecular Hbond substituents is 1. The van der Waals surface area contributed by atoms with Crippen LogP contribution in [-0.4, -0.2) is 17.2 Å². The van der Waals surface area contributed by atoms with Crippen LogP contribution in [0.15, 0.2) is 84.0 Å². The maximum absolute atomic E-state index is 12.4. The summed E-state index contributed by atoms with van der Waals surface area (Å²) in [6.07, 6.45) is 1.61. The minimum Gasteiger partial charge on any atom is -0.507 e. The van der Waals surface area contributed by atoms with E-state index >= 15 is 0 Å². The Kier molecular flexibility index (Phi) is 4.07. The summed E-state index contributed by atoms with van der Waals surface area (Å²) in [6, 6.07) is 24.7. The van der Waals surface area contributed by atoms with Crippen molar-refractivity contribution in [3.63, 3.8) is 0 Å². The lowest BCUT2D eigenvalue weighted by molar-refractivity contribution is 0.0952. The molecule has 0 aliphatic rings. The Morgan fingerprint density at radius 3 is 2.31 bits per heavy atom. The maximum Gasteiger partial charge on any atom is 0.275 e. The number of nitrogens with zero attached hydrogens (tertiary/aromatic N) is 1. The van der Waals surface area contributed by atoms with Gasteiger partial charge >= 0.3 is 0 Å². The van der Waals surface area contributed by atoms with E-state index in [1.165, 1.54) is 0 Å². The van der Waals surface area contributed by atoms with Gasteiger partial charge in [-0.2, -0.15) is 5.10 Å². The summed E-state index contributed by atoms with van der Waals surface area (Å²) in [5, 5.41) is 18.1. The molecule has 0 unspecified atom stereocenters. The molecular formula is C22H16N2O2. The molecule has 26 heavy (non-hydrogen) atoms. The molecular weight excluding hydrogens is 324 g/mol. The number of hydrogen-bond donors (Lipinski definition) is 2. The lowest BCUT2D eigenvalue weighted by atomic mass is 10.1. The SMILES string of the molecule is O=C(N/N=C/c1cccc2ccccc12)c1cc2ccccc2cc1O. The topological polar surface area (TPSA) is 61.7 Å². The summed E-state index contributed by atoms with van der Waals surface area (Å²) in [7, 11) is 0. The molecule has 4 nitrogen and oxygen atoms in total. The maximum atomic E-state index is 12.4. The van der Waals surface area contributed by atoms with E-state index in [4.69, 9.17) is 0 Å². The average Bonchev–Trinajstić information content (AvgIpc) is 2.67. The van der Waals surface area contributed by atoms with Gasteiger partial charge in [-0.1, -0.05) is 66.7 Å². The second-order valence-corrected chi connectivity index (χ2v) is 5.98. The molecule has 0 bridgehead atoms. The number of amides is 1. The number of fused-ring (bicyclic) bond motifs is 2. The van der Waals surface area contributed by atoms with Gasteiger partial charge in [0.05, 0.1) is 11.8 Å². The van der Waals surface area contributed by atoms with Gasteiger partial charge in [0.25, 0.3) is 5.91 Å². The van der Waals surface area contributed by atoms with Crippen LogP contribution in [0.1, 0.15) is 15.9 Å². The van der Waals surface area contributed by atoms with Crippen LogP contribution in [0.4, 0.5) is 0 Å². The zero-order valence-corrected chi connectivity index (χ0v) is 13.9. The van der Waals surface area contributed by atoms with E-state index in [1.807, 2.05) is 66.7 Å². The van der Waals surface area contributed by atoms with Crippen LogP contribution in [-0.2, 0) is 0 Å². The van der Waals surface area contributed by atoms with E-state index < -0.39 is 5.91 Å². The van der Waals surface area contributed by atoms with Gasteiger partial charge in [-0.25, -0.2) is 5.43 Å². The predicted octanol–water partition coefficient (Wildman–Crippen LogP) is 4.46. The van der Waals surface area contributed by atoms with Gasteiger partial charge in [-0.3, -0.25) is 4.79 Å². The third-order valence-corrected chi connectivity index (χ3v) is 4.30. The van der Waals surface area contributed by atoms with Gasteiger partial charge in [0.2, 0.25) is 0 Å². The van der Waals surface area contributed by atoms with Gasteiger partial charge in [-0.15, -0.1) is 0 Å². The molecule has 4 rings (SSSR count). The number of rotatable bonds is 3. The fraction of sp³-hybridized carbons (Fsp3) is 0. The monoisotopic (exact) mass is 340 g/mol. The second kappa shape index (κ2) is 6.69. The van der Waals surface area contributed by atoms with Crippen LogP contribution in [0.25, 0.3) is 21.5 Å². The fourth-order valence-electron chi connectivity index (χ4n) is 2.99. The van der Waals surface area contributed by atoms with Crippen LogP contribution in [0.5, 0.6) is 5.75 Å². The Morgan fingerprint density at radius 1 is 0.846 bits per heavy atom. The molecule has 4 heteroatoms. The van der Waals surface area contributed by atoms with Gasteiger partial charge < -0.3 is 5.11 Å². The molecule has 0 heterocycles. The van der Waals surface area contributed by atoms with Crippen LogP contribution in [0, 0.1) is 0 Å². The largest absolute Gasteiger partial charge is 0.507 e. The minimum absolute atomic E-state index is 0.0680. The van der Waals surface area contributed by atoms with Gasteiger partial charge in [0.15, 0.2) is 0 Å². The number of hydrogen-bond acceptors (Lipinski definition) is 3. The van der Waals surface area contributed by atoms with E-state index in [9.17, 15) is 9.90 Å². The molecule has 4 aromatic rings. The van der Waals surface area contributed by atoms with Crippen molar-refractivity contribution >= 4 is 33.7 Å². The van der Waals surface area contributed by atoms with Crippen molar-refractivity contribution < 1.29 is 9.90 Å². The summed E-state index contributed by atoms with van der Waals surface area (Å²) < 4.78 is 0. The summed E-state index contributed by atoms with van der Waals surface area (Å²) in [5.74, 6) is -0.522. The van der Waals surface area contributed by atoms with Crippen molar-refractivity contribution in [1.29, 1.82) is 0 Å². The molecule has 0 aliphatic heterocycles. The van der Waals surface area contributed by atoms with E-state index in [1.54, 1.807) is 18.3 Å². The summed E-state index contributed by atoms with van der Waals surface area (Å²) in [4.78, 5) is 12.4. The smallest absolute Gasteiger partial charge is 0.275 e. The molecule has 0 fully saturated rings. The first-order chi connectivity index (χ1) is 12.7. The third kappa shape index (κ3) is 3.00. The van der Waals surface area contributed by atoms with Crippen LogP contribution < -0.4 is 5.43 Å². The lowest BCUT2D eigenvalue weighted by Gasteiger charge is -2.06. The highest BCUT2D eigenvalue weighted by atomic mass is 16.3. The van der Waals surface area contributed by atoms with Crippen molar-refractivity contribution in [2.45, 2.75) is 0 Å². The molecule has 0 aliphatic carbocycles. The first-order valence-electron chi connectivity index (χ1n) is 8.25. The number of aromatic hydroxyl groups is 1. The van der Waals surface area contributed by atoms with Gasteiger partial charge in [0.1, 0.15) is 5.75 Å². The Labute approximate surface area is 150 Å². The average molecular weight is 340 g/mol. The van der Waals surface area contributed by atoms with E-state index in [0.29, 0.717) is 0 Å². The third-order valence-electron chi connectivity index (χ3n) is 4.30. The minimum atomic E-state index is -0.454. The molecule has 0 atom stereocenters. The zero-order chi connectivity index (χ0) is 17.9. The Morgan fingerprint density at radius 2 is 1.50 bits per heavy atom. The first-order valence-corrected chi connectivity index (χ1v) is 8.25.